The van der Waals surface area contributed by atoms with Crippen molar-refractivity contribution >= 4 is 5.95 Å². The summed E-state index contributed by atoms with van der Waals surface area (Å²) >= 11 is 0. The van der Waals surface area contributed by atoms with Crippen molar-refractivity contribution < 1.29 is 0 Å². The largest absolute Gasteiger partial charge is 0.341 e. The maximum Gasteiger partial charge on any atom is 0.225 e. The number of nitrogens with zero attached hydrogens (tertiary/aromatic N) is 3. The Hall–Kier alpha value is -1.16. The Balaban J connectivity index is 1.68. The van der Waals surface area contributed by atoms with Crippen molar-refractivity contribution in [2.75, 3.05) is 31.1 Å². The fourth-order valence-corrected chi connectivity index (χ4v) is 2.59. The smallest absolute Gasteiger partial charge is 0.225 e. The van der Waals surface area contributed by atoms with Crippen LogP contribution < -0.4 is 10.2 Å². The van der Waals surface area contributed by atoms with E-state index in [4.69, 9.17) is 0 Å². The van der Waals surface area contributed by atoms with Gasteiger partial charge in [-0.25, -0.2) is 9.97 Å². The van der Waals surface area contributed by atoms with E-state index in [0.29, 0.717) is 0 Å². The molecule has 3 heterocycles. The highest BCUT2D eigenvalue weighted by molar-refractivity contribution is 5.32. The van der Waals surface area contributed by atoms with E-state index in [2.05, 4.69) is 20.2 Å². The molecule has 4 nitrogen and oxygen atoms in total. The van der Waals surface area contributed by atoms with E-state index in [1.54, 1.807) is 0 Å². The normalized spacial score (nSPS) is 25.8. The van der Waals surface area contributed by atoms with Crippen molar-refractivity contribution in [1.82, 2.24) is 15.3 Å². The predicted molar refractivity (Wildman–Crippen MR) is 63.4 cm³/mol. The number of anilines is 1. The highest BCUT2D eigenvalue weighted by atomic mass is 15.3. The number of rotatable bonds is 2. The molecule has 0 amide bonds. The summed E-state index contributed by atoms with van der Waals surface area (Å²) in [4.78, 5) is 11.2. The lowest BCUT2D eigenvalue weighted by Gasteiger charge is -2.32. The van der Waals surface area contributed by atoms with E-state index in [9.17, 15) is 0 Å². The molecule has 2 aliphatic rings. The second-order valence-corrected chi connectivity index (χ2v) is 4.91. The topological polar surface area (TPSA) is 41.1 Å². The molecule has 0 radical (unpaired) electrons. The van der Waals surface area contributed by atoms with Gasteiger partial charge >= 0.3 is 0 Å². The predicted octanol–water partition coefficient (Wildman–Crippen LogP) is 0.831. The first kappa shape index (κ1) is 10.0. The molecule has 0 unspecified atom stereocenters. The van der Waals surface area contributed by atoms with Crippen LogP contribution in [-0.2, 0) is 0 Å². The highest BCUT2D eigenvalue weighted by Gasteiger charge is 2.33. The number of aryl methyl sites for hydroxylation is 1. The summed E-state index contributed by atoms with van der Waals surface area (Å²) in [6, 6.07) is 1.95. The maximum atomic E-state index is 4.49. The summed E-state index contributed by atoms with van der Waals surface area (Å²) in [5.41, 5.74) is 1.05. The van der Waals surface area contributed by atoms with Crippen LogP contribution in [0.5, 0.6) is 0 Å². The first-order valence-electron chi connectivity index (χ1n) is 6.08. The van der Waals surface area contributed by atoms with Crippen LogP contribution in [0.25, 0.3) is 0 Å². The third-order valence-corrected chi connectivity index (χ3v) is 3.77. The molecule has 1 aromatic heterocycles. The molecule has 0 aromatic carbocycles. The zero-order valence-corrected chi connectivity index (χ0v) is 9.69. The van der Waals surface area contributed by atoms with Crippen LogP contribution in [-0.4, -0.2) is 36.1 Å². The van der Waals surface area contributed by atoms with Crippen molar-refractivity contribution in [3.8, 4) is 0 Å². The fourth-order valence-electron chi connectivity index (χ4n) is 2.59. The Morgan fingerprint density at radius 2 is 2.25 bits per heavy atom. The molecule has 0 bridgehead atoms. The lowest BCUT2D eigenvalue weighted by molar-refractivity contribution is 0.250. The van der Waals surface area contributed by atoms with Crippen LogP contribution in [0.3, 0.4) is 0 Å². The summed E-state index contributed by atoms with van der Waals surface area (Å²) in [6.07, 6.45) is 3.15. The minimum absolute atomic E-state index is 0.838. The second kappa shape index (κ2) is 4.01. The summed E-state index contributed by atoms with van der Waals surface area (Å²) in [5, 5.41) is 3.35. The van der Waals surface area contributed by atoms with Crippen molar-refractivity contribution in [3.63, 3.8) is 0 Å². The molecule has 4 heteroatoms. The van der Waals surface area contributed by atoms with Gasteiger partial charge in [0, 0.05) is 25.0 Å². The van der Waals surface area contributed by atoms with Gasteiger partial charge in [-0.3, -0.25) is 0 Å². The Bertz CT molecular complexity index is 375. The van der Waals surface area contributed by atoms with Crippen molar-refractivity contribution in [1.29, 1.82) is 0 Å². The third-order valence-electron chi connectivity index (χ3n) is 3.77. The molecule has 3 rings (SSSR count). The number of aromatic nitrogens is 2. The lowest BCUT2D eigenvalue weighted by Crippen LogP contribution is -2.46. The lowest BCUT2D eigenvalue weighted by atomic mass is 9.87. The van der Waals surface area contributed by atoms with Crippen molar-refractivity contribution in [2.45, 2.75) is 13.3 Å². The highest BCUT2D eigenvalue weighted by Crippen LogP contribution is 2.28. The van der Waals surface area contributed by atoms with Gasteiger partial charge in [-0.2, -0.15) is 0 Å². The maximum absolute atomic E-state index is 4.49. The van der Waals surface area contributed by atoms with E-state index in [0.717, 1.165) is 36.6 Å². The molecule has 16 heavy (non-hydrogen) atoms. The zero-order chi connectivity index (χ0) is 11.0. The average Bonchev–Trinajstić information content (AvgIpc) is 2.64. The van der Waals surface area contributed by atoms with Gasteiger partial charge in [-0.15, -0.1) is 0 Å². The summed E-state index contributed by atoms with van der Waals surface area (Å²) in [6.45, 7) is 6.68. The molecule has 86 valence electrons. The van der Waals surface area contributed by atoms with Crippen LogP contribution >= 0.6 is 0 Å². The monoisotopic (exact) mass is 218 g/mol. The van der Waals surface area contributed by atoms with Crippen LogP contribution in [0.1, 0.15) is 12.1 Å². The van der Waals surface area contributed by atoms with Crippen LogP contribution in [0.2, 0.25) is 0 Å². The minimum atomic E-state index is 0.838. The fraction of sp³-hybridized carbons (Fsp3) is 0.667. The summed E-state index contributed by atoms with van der Waals surface area (Å²) in [5.74, 6) is 2.63. The first-order valence-corrected chi connectivity index (χ1v) is 6.08. The first-order chi connectivity index (χ1) is 7.83. The van der Waals surface area contributed by atoms with E-state index in [1.807, 2.05) is 19.2 Å². The van der Waals surface area contributed by atoms with Crippen molar-refractivity contribution in [2.24, 2.45) is 11.8 Å². The standard InChI is InChI=1S/C12H18N4/c1-9-2-4-14-12(15-9)16-5-3-10(8-16)11-6-13-7-11/h2,4,10-11,13H,3,5-8H2,1H3/t10-/m0/s1. The van der Waals surface area contributed by atoms with Gasteiger partial charge in [0.05, 0.1) is 0 Å². The second-order valence-electron chi connectivity index (χ2n) is 4.91. The molecular formula is C12H18N4. The number of hydrogen-bond donors (Lipinski definition) is 1. The number of nitrogens with one attached hydrogen (secondary N) is 1. The molecule has 2 aliphatic heterocycles. The Kier molecular flexibility index (Phi) is 2.52. The molecule has 1 atom stereocenters. The van der Waals surface area contributed by atoms with E-state index in [1.165, 1.54) is 19.5 Å². The SMILES string of the molecule is Cc1ccnc(N2CC[C@H](C3CNC3)C2)n1. The van der Waals surface area contributed by atoms with Crippen molar-refractivity contribution in [3.05, 3.63) is 18.0 Å². The average molecular weight is 218 g/mol. The molecule has 2 fully saturated rings. The number of hydrogen-bond acceptors (Lipinski definition) is 4. The third kappa shape index (κ3) is 1.78. The minimum Gasteiger partial charge on any atom is -0.341 e. The Morgan fingerprint density at radius 3 is 2.94 bits per heavy atom. The molecule has 2 saturated heterocycles. The molecule has 1 N–H and O–H groups in total. The van der Waals surface area contributed by atoms with E-state index in [-0.39, 0.29) is 0 Å². The molecule has 0 aliphatic carbocycles. The molecule has 0 spiro atoms. The van der Waals surface area contributed by atoms with Gasteiger partial charge in [0.2, 0.25) is 5.95 Å². The van der Waals surface area contributed by atoms with Gasteiger partial charge in [-0.1, -0.05) is 0 Å². The molecular weight excluding hydrogens is 200 g/mol. The summed E-state index contributed by atoms with van der Waals surface area (Å²) in [7, 11) is 0. The van der Waals surface area contributed by atoms with Gasteiger partial charge in [0.25, 0.3) is 0 Å². The zero-order valence-electron chi connectivity index (χ0n) is 9.69. The Labute approximate surface area is 96.1 Å². The summed E-state index contributed by atoms with van der Waals surface area (Å²) < 4.78 is 0. The van der Waals surface area contributed by atoms with Gasteiger partial charge < -0.3 is 10.2 Å². The van der Waals surface area contributed by atoms with Crippen LogP contribution in [0.4, 0.5) is 5.95 Å². The van der Waals surface area contributed by atoms with Gasteiger partial charge in [0.1, 0.15) is 0 Å². The molecule has 0 saturated carbocycles. The van der Waals surface area contributed by atoms with E-state index < -0.39 is 0 Å². The van der Waals surface area contributed by atoms with Gasteiger partial charge in [-0.05, 0) is 44.3 Å². The van der Waals surface area contributed by atoms with Gasteiger partial charge in [0.15, 0.2) is 0 Å². The van der Waals surface area contributed by atoms with Crippen LogP contribution in [0, 0.1) is 18.8 Å². The van der Waals surface area contributed by atoms with E-state index >= 15 is 0 Å². The Morgan fingerprint density at radius 1 is 1.38 bits per heavy atom. The van der Waals surface area contributed by atoms with Crippen LogP contribution in [0.15, 0.2) is 12.3 Å². The quantitative estimate of drug-likeness (QED) is 0.798. The molecule has 1 aromatic rings.